The number of primary amides is 1. The first-order chi connectivity index (χ1) is 17.3. The van der Waals surface area contributed by atoms with E-state index in [0.29, 0.717) is 22.8 Å². The summed E-state index contributed by atoms with van der Waals surface area (Å²) in [6, 6.07) is 7.31. The average molecular weight is 542 g/mol. The fourth-order valence-corrected chi connectivity index (χ4v) is 3.21. The summed E-state index contributed by atoms with van der Waals surface area (Å²) < 4.78 is 36.8. The number of hydrogen-bond donors (Lipinski definition) is 5. The lowest BCUT2D eigenvalue weighted by atomic mass is 10.1. The predicted molar refractivity (Wildman–Crippen MR) is 135 cm³/mol. The molecule has 0 aliphatic heterocycles. The Balaban J connectivity index is 0.000000580. The van der Waals surface area contributed by atoms with Gasteiger partial charge in [0.1, 0.15) is 6.04 Å². The van der Waals surface area contributed by atoms with Gasteiger partial charge in [0, 0.05) is 6.42 Å². The minimum Gasteiger partial charge on any atom is -0.493 e. The van der Waals surface area contributed by atoms with Crippen LogP contribution in [0.5, 0.6) is 28.7 Å². The molecule has 0 saturated carbocycles. The van der Waals surface area contributed by atoms with Gasteiger partial charge in [-0.25, -0.2) is 4.57 Å². The molecule has 0 aliphatic rings. The smallest absolute Gasteiger partial charge is 0.493 e. The fourth-order valence-electron chi connectivity index (χ4n) is 2.81. The second-order valence-electron chi connectivity index (χ2n) is 7.23. The molecule has 2 aromatic carbocycles. The lowest BCUT2D eigenvalue weighted by molar-refractivity contribution is -0.138. The number of amides is 1. The van der Waals surface area contributed by atoms with E-state index >= 15 is 0 Å². The lowest BCUT2D eigenvalue weighted by Gasteiger charge is -2.13. The highest BCUT2D eigenvalue weighted by molar-refractivity contribution is 7.46. The first kappa shape index (κ1) is 31.3. The summed E-state index contributed by atoms with van der Waals surface area (Å²) in [5.74, 6) is 0.0199. The van der Waals surface area contributed by atoms with Crippen LogP contribution in [0.4, 0.5) is 0 Å². The van der Waals surface area contributed by atoms with E-state index < -0.39 is 25.7 Å². The summed E-state index contributed by atoms with van der Waals surface area (Å²) in [6.45, 7) is 0. The van der Waals surface area contributed by atoms with Crippen LogP contribution in [-0.4, -0.2) is 61.3 Å². The lowest BCUT2D eigenvalue weighted by Crippen LogP contribution is -2.31. The summed E-state index contributed by atoms with van der Waals surface area (Å²) in [7, 11) is 1.26. The molecule has 0 aromatic heterocycles. The van der Waals surface area contributed by atoms with Crippen LogP contribution >= 0.6 is 7.82 Å². The van der Waals surface area contributed by atoms with Crippen molar-refractivity contribution in [3.05, 3.63) is 41.5 Å². The zero-order chi connectivity index (χ0) is 28.2. The largest absolute Gasteiger partial charge is 0.524 e. The number of rotatable bonds is 12. The van der Waals surface area contributed by atoms with Crippen LogP contribution < -0.4 is 34.9 Å². The number of benzene rings is 2. The Morgan fingerprint density at radius 2 is 1.41 bits per heavy atom. The normalized spacial score (nSPS) is 11.6. The monoisotopic (exact) mass is 542 g/mol. The van der Waals surface area contributed by atoms with Crippen LogP contribution in [0.3, 0.4) is 0 Å². The molecule has 14 heteroatoms. The molecule has 0 aliphatic carbocycles. The first-order valence-corrected chi connectivity index (χ1v) is 12.1. The zero-order valence-corrected chi connectivity index (χ0v) is 21.6. The topological polar surface area (TPSA) is 210 Å². The van der Waals surface area contributed by atoms with E-state index in [1.54, 1.807) is 36.4 Å². The number of phosphoric acid groups is 1. The molecule has 0 spiro atoms. The van der Waals surface area contributed by atoms with E-state index in [4.69, 9.17) is 45.3 Å². The van der Waals surface area contributed by atoms with Crippen molar-refractivity contribution in [3.8, 4) is 28.7 Å². The Bertz CT molecular complexity index is 1120. The number of carboxylic acids is 1. The number of nitrogens with two attached hydrogens (primary N) is 2. The Morgan fingerprint density at radius 3 is 1.84 bits per heavy atom. The van der Waals surface area contributed by atoms with Gasteiger partial charge in [-0.1, -0.05) is 18.2 Å². The molecule has 2 aromatic rings. The maximum absolute atomic E-state index is 11.1. The summed E-state index contributed by atoms with van der Waals surface area (Å²) in [5.41, 5.74) is 11.2. The quantitative estimate of drug-likeness (QED) is 0.193. The Kier molecular flexibility index (Phi) is 12.4. The molecule has 204 valence electrons. The van der Waals surface area contributed by atoms with Gasteiger partial charge in [0.15, 0.2) is 23.0 Å². The van der Waals surface area contributed by atoms with E-state index in [-0.39, 0.29) is 24.3 Å². The van der Waals surface area contributed by atoms with Crippen molar-refractivity contribution in [2.24, 2.45) is 11.5 Å². The Morgan fingerprint density at radius 1 is 0.892 bits per heavy atom. The van der Waals surface area contributed by atoms with E-state index in [0.717, 1.165) is 5.56 Å². The second kappa shape index (κ2) is 14.7. The van der Waals surface area contributed by atoms with Crippen LogP contribution in [0.2, 0.25) is 0 Å². The minimum absolute atomic E-state index is 0.0213. The maximum Gasteiger partial charge on any atom is 0.524 e. The third kappa shape index (κ3) is 10.8. The summed E-state index contributed by atoms with van der Waals surface area (Å²) in [5, 5.41) is 8.22. The van der Waals surface area contributed by atoms with Gasteiger partial charge in [-0.2, -0.15) is 0 Å². The molecule has 7 N–H and O–H groups in total. The van der Waals surface area contributed by atoms with Gasteiger partial charge in [0.25, 0.3) is 0 Å². The number of aliphatic carboxylic acids is 1. The van der Waals surface area contributed by atoms with Crippen molar-refractivity contribution in [3.63, 3.8) is 0 Å². The number of carbonyl (C=O) groups is 2. The van der Waals surface area contributed by atoms with Crippen LogP contribution in [0.15, 0.2) is 30.3 Å². The van der Waals surface area contributed by atoms with E-state index in [2.05, 4.69) is 4.52 Å². The molecule has 1 unspecified atom stereocenters. The Labute approximate surface area is 213 Å². The van der Waals surface area contributed by atoms with Gasteiger partial charge in [-0.05, 0) is 41.8 Å². The molecular weight excluding hydrogens is 511 g/mol. The van der Waals surface area contributed by atoms with Crippen molar-refractivity contribution >= 4 is 31.9 Å². The molecule has 0 fully saturated rings. The molecule has 1 amide bonds. The SMILES string of the molecule is COc1ccc(/C=C\c2cc(OC)c(OC)c(OC)c2)cc1OP(=O)(O)O.NC(=O)CCC(N)C(=O)O. The third-order valence-electron chi connectivity index (χ3n) is 4.58. The van der Waals surface area contributed by atoms with Gasteiger partial charge in [-0.15, -0.1) is 0 Å². The van der Waals surface area contributed by atoms with Crippen molar-refractivity contribution in [2.45, 2.75) is 18.9 Å². The van der Waals surface area contributed by atoms with Crippen molar-refractivity contribution in [1.82, 2.24) is 0 Å². The number of phosphoric ester groups is 1. The van der Waals surface area contributed by atoms with Gasteiger partial charge in [0.05, 0.1) is 28.4 Å². The minimum atomic E-state index is -4.71. The highest BCUT2D eigenvalue weighted by Crippen LogP contribution is 2.42. The molecular formula is C23H31N2O11P. The van der Waals surface area contributed by atoms with Crippen LogP contribution in [0.25, 0.3) is 12.2 Å². The van der Waals surface area contributed by atoms with E-state index in [1.807, 2.05) is 0 Å². The van der Waals surface area contributed by atoms with Gasteiger partial charge in [0.2, 0.25) is 11.7 Å². The third-order valence-corrected chi connectivity index (χ3v) is 5.01. The average Bonchev–Trinajstić information content (AvgIpc) is 2.84. The highest BCUT2D eigenvalue weighted by Gasteiger charge is 2.19. The Hall–Kier alpha value is -3.77. The fraction of sp³-hybridized carbons (Fsp3) is 0.304. The first-order valence-electron chi connectivity index (χ1n) is 10.5. The highest BCUT2D eigenvalue weighted by atomic mass is 31.2. The zero-order valence-electron chi connectivity index (χ0n) is 20.7. The maximum atomic E-state index is 11.1. The number of ether oxygens (including phenoxy) is 4. The number of hydrogen-bond acceptors (Lipinski definition) is 9. The van der Waals surface area contributed by atoms with Crippen LogP contribution in [0.1, 0.15) is 24.0 Å². The molecule has 0 radical (unpaired) electrons. The van der Waals surface area contributed by atoms with Gasteiger partial charge in [-0.3, -0.25) is 19.4 Å². The van der Waals surface area contributed by atoms with Gasteiger partial charge >= 0.3 is 13.8 Å². The van der Waals surface area contributed by atoms with E-state index in [9.17, 15) is 14.2 Å². The molecule has 0 saturated heterocycles. The van der Waals surface area contributed by atoms with Crippen LogP contribution in [0, 0.1) is 0 Å². The van der Waals surface area contributed by atoms with Crippen LogP contribution in [-0.2, 0) is 14.2 Å². The number of carbonyl (C=O) groups excluding carboxylic acids is 1. The molecule has 13 nitrogen and oxygen atoms in total. The summed E-state index contributed by atoms with van der Waals surface area (Å²) in [6.07, 6.45) is 3.65. The molecule has 37 heavy (non-hydrogen) atoms. The summed E-state index contributed by atoms with van der Waals surface area (Å²) in [4.78, 5) is 38.2. The number of carboxylic acid groups (broad SMARTS) is 1. The molecule has 0 heterocycles. The van der Waals surface area contributed by atoms with Crippen molar-refractivity contribution in [2.75, 3.05) is 28.4 Å². The van der Waals surface area contributed by atoms with Crippen molar-refractivity contribution < 1.29 is 52.5 Å². The molecule has 2 rings (SSSR count). The predicted octanol–water partition coefficient (Wildman–Crippen LogP) is 2.03. The molecule has 1 atom stereocenters. The second-order valence-corrected chi connectivity index (χ2v) is 8.40. The molecule has 0 bridgehead atoms. The summed E-state index contributed by atoms with van der Waals surface area (Å²) >= 11 is 0. The standard InChI is InChI=1S/C18H21O8P.C5H10N2O3/c1-22-14-8-7-12(9-15(14)26-27(19,20)21)5-6-13-10-16(23-2)18(25-4)17(11-13)24-3;6-3(5(9)10)1-2-4(7)8/h5-11H,1-4H3,(H2,19,20,21);3H,1-2,6H2,(H2,7,8)(H,9,10)/b6-5-;. The van der Waals surface area contributed by atoms with E-state index in [1.165, 1.54) is 34.5 Å². The van der Waals surface area contributed by atoms with Gasteiger partial charge < -0.3 is 40.0 Å². The van der Waals surface area contributed by atoms with Crippen molar-refractivity contribution in [1.29, 1.82) is 0 Å². The number of methoxy groups -OCH3 is 4.